The van der Waals surface area contributed by atoms with Crippen molar-refractivity contribution in [1.29, 1.82) is 0 Å². The number of para-hydroxylation sites is 3. The van der Waals surface area contributed by atoms with Crippen molar-refractivity contribution < 1.29 is 0 Å². The van der Waals surface area contributed by atoms with Crippen LogP contribution in [0.2, 0.25) is 0 Å². The molecule has 12 rings (SSSR count). The van der Waals surface area contributed by atoms with Crippen LogP contribution in [0.15, 0.2) is 200 Å². The van der Waals surface area contributed by atoms with E-state index in [0.29, 0.717) is 0 Å². The highest BCUT2D eigenvalue weighted by molar-refractivity contribution is 7.26. The van der Waals surface area contributed by atoms with Gasteiger partial charge in [-0.3, -0.25) is 0 Å². The number of thiophene rings is 1. The number of hydrogen-bond donors (Lipinski definition) is 0. The Hall–Kier alpha value is -7.14. The van der Waals surface area contributed by atoms with Crippen LogP contribution >= 0.6 is 11.3 Å². The van der Waals surface area contributed by atoms with Gasteiger partial charge < -0.3 is 14.5 Å². The van der Waals surface area contributed by atoms with Crippen LogP contribution in [0.3, 0.4) is 0 Å². The second-order valence-corrected chi connectivity index (χ2v) is 16.0. The lowest BCUT2D eigenvalue weighted by Crippen LogP contribution is -2.06. The lowest BCUT2D eigenvalue weighted by Gasteiger charge is -2.38. The zero-order valence-electron chi connectivity index (χ0n) is 30.9. The van der Waals surface area contributed by atoms with Crippen LogP contribution in [0.25, 0.3) is 97.3 Å². The van der Waals surface area contributed by atoms with E-state index in [0.717, 1.165) is 17.0 Å². The molecule has 0 bridgehead atoms. The SMILES string of the molecule is C1=C(c2ccccc2)[N-]C(c2ccccc2)C=C1n1c2ccccc2c2ccc3sc4ccc(-c5ccc6c(c5)c5ccccc5n6-c5ccccc5)cc4c3c21. The first-order valence-corrected chi connectivity index (χ1v) is 20.3. The van der Waals surface area contributed by atoms with Crippen molar-refractivity contribution >= 4 is 86.5 Å². The molecule has 1 atom stereocenters. The number of benzene rings is 8. The third-order valence-electron chi connectivity index (χ3n) is 11.6. The second kappa shape index (κ2) is 12.7. The molecule has 0 radical (unpaired) electrons. The lowest BCUT2D eigenvalue weighted by atomic mass is 9.99. The van der Waals surface area contributed by atoms with E-state index in [1.807, 2.05) is 11.3 Å². The Kier molecular flexibility index (Phi) is 7.16. The summed E-state index contributed by atoms with van der Waals surface area (Å²) in [5, 5.41) is 12.9. The maximum Gasteiger partial charge on any atom is 0.0634 e. The highest BCUT2D eigenvalue weighted by atomic mass is 32.1. The van der Waals surface area contributed by atoms with Crippen LogP contribution in [0.1, 0.15) is 17.2 Å². The average Bonchev–Trinajstić information content (AvgIpc) is 3.94. The van der Waals surface area contributed by atoms with Gasteiger partial charge in [-0.2, -0.15) is 0 Å². The molecule has 1 unspecified atom stereocenters. The van der Waals surface area contributed by atoms with Gasteiger partial charge >= 0.3 is 0 Å². The highest BCUT2D eigenvalue weighted by Gasteiger charge is 2.21. The zero-order chi connectivity index (χ0) is 37.5. The van der Waals surface area contributed by atoms with Crippen molar-refractivity contribution in [3.8, 4) is 16.8 Å². The number of rotatable bonds is 5. The number of allylic oxidation sites excluding steroid dienone is 2. The van der Waals surface area contributed by atoms with Crippen molar-refractivity contribution in [3.63, 3.8) is 0 Å². The Bertz CT molecular complexity index is 3420. The van der Waals surface area contributed by atoms with Crippen LogP contribution in [0.4, 0.5) is 0 Å². The monoisotopic (exact) mass is 744 g/mol. The van der Waals surface area contributed by atoms with E-state index in [1.54, 1.807) is 0 Å². The van der Waals surface area contributed by atoms with Gasteiger partial charge in [0.05, 0.1) is 22.1 Å². The molecule has 0 N–H and O–H groups in total. The number of hydrogen-bond acceptors (Lipinski definition) is 1. The molecule has 0 aliphatic carbocycles. The molecule has 0 saturated carbocycles. The number of aromatic nitrogens is 2. The Morgan fingerprint density at radius 3 is 1.81 bits per heavy atom. The van der Waals surface area contributed by atoms with Crippen LogP contribution in [-0.4, -0.2) is 9.13 Å². The van der Waals surface area contributed by atoms with Gasteiger partial charge in [0.2, 0.25) is 0 Å². The minimum Gasteiger partial charge on any atom is -0.674 e. The second-order valence-electron chi connectivity index (χ2n) is 14.9. The fourth-order valence-corrected chi connectivity index (χ4v) is 10.2. The van der Waals surface area contributed by atoms with Crippen LogP contribution in [0, 0.1) is 0 Å². The maximum atomic E-state index is 5.32. The number of nitrogens with zero attached hydrogens (tertiary/aromatic N) is 3. The molecular weight excluding hydrogens is 711 g/mol. The van der Waals surface area contributed by atoms with Gasteiger partial charge in [0.15, 0.2) is 0 Å². The molecule has 1 aliphatic rings. The topological polar surface area (TPSA) is 24.0 Å². The summed E-state index contributed by atoms with van der Waals surface area (Å²) in [5.41, 5.74) is 12.9. The Morgan fingerprint density at radius 1 is 0.439 bits per heavy atom. The Labute approximate surface area is 333 Å². The molecule has 0 spiro atoms. The van der Waals surface area contributed by atoms with E-state index < -0.39 is 0 Å². The van der Waals surface area contributed by atoms with Crippen molar-refractivity contribution in [2.45, 2.75) is 6.04 Å². The fourth-order valence-electron chi connectivity index (χ4n) is 9.07. The van der Waals surface area contributed by atoms with Gasteiger partial charge in [-0.1, -0.05) is 157 Å². The van der Waals surface area contributed by atoms with Crippen molar-refractivity contribution in [2.24, 2.45) is 0 Å². The molecule has 0 fully saturated rings. The van der Waals surface area contributed by atoms with Crippen molar-refractivity contribution in [2.75, 3.05) is 0 Å². The van der Waals surface area contributed by atoms with Gasteiger partial charge in [-0.05, 0) is 71.3 Å². The molecular formula is C53H34N3S-. The van der Waals surface area contributed by atoms with Gasteiger partial charge in [0.1, 0.15) is 0 Å². The predicted molar refractivity (Wildman–Crippen MR) is 243 cm³/mol. The van der Waals surface area contributed by atoms with E-state index in [2.05, 4.69) is 209 Å². The molecule has 11 aromatic rings. The van der Waals surface area contributed by atoms with Crippen molar-refractivity contribution in [3.05, 3.63) is 217 Å². The van der Waals surface area contributed by atoms with Crippen molar-refractivity contribution in [1.82, 2.24) is 9.13 Å². The standard InChI is InChI=1S/C53H34N3S/c1-4-14-34(15-5-1)45-32-39(33-46(54-45)35-16-6-2-7-17-35)56-48-23-13-10-20-40(48)42-26-29-51-52(53(42)56)44-31-37(25-28-50(44)57-51)36-24-27-49-43(30-36)41-21-11-12-22-47(41)55(49)38-18-8-3-9-19-38/h1-33,45H/q-1. The minimum absolute atomic E-state index is 0.120. The molecule has 3 nitrogen and oxygen atoms in total. The molecule has 8 aromatic carbocycles. The summed E-state index contributed by atoms with van der Waals surface area (Å²) in [4.78, 5) is 0. The average molecular weight is 745 g/mol. The zero-order valence-corrected chi connectivity index (χ0v) is 31.7. The lowest BCUT2D eigenvalue weighted by molar-refractivity contribution is 1.02. The third-order valence-corrected chi connectivity index (χ3v) is 12.8. The quantitative estimate of drug-likeness (QED) is 0.168. The van der Waals surface area contributed by atoms with E-state index in [4.69, 9.17) is 5.32 Å². The van der Waals surface area contributed by atoms with Crippen LogP contribution in [0.5, 0.6) is 0 Å². The summed E-state index contributed by atoms with van der Waals surface area (Å²) in [6.07, 6.45) is 4.62. The molecule has 4 heteroatoms. The van der Waals surface area contributed by atoms with Gasteiger partial charge in [-0.15, -0.1) is 17.0 Å². The summed E-state index contributed by atoms with van der Waals surface area (Å²) in [5.74, 6) is 0. The molecule has 57 heavy (non-hydrogen) atoms. The van der Waals surface area contributed by atoms with Gasteiger partial charge in [0, 0.05) is 53.1 Å². The first-order valence-electron chi connectivity index (χ1n) is 19.5. The Morgan fingerprint density at radius 2 is 1.04 bits per heavy atom. The molecule has 0 amide bonds. The molecule has 3 aromatic heterocycles. The summed E-state index contributed by atoms with van der Waals surface area (Å²) < 4.78 is 7.46. The molecule has 1 aliphatic heterocycles. The van der Waals surface area contributed by atoms with E-state index in [-0.39, 0.29) is 6.04 Å². The summed E-state index contributed by atoms with van der Waals surface area (Å²) >= 11 is 1.88. The van der Waals surface area contributed by atoms with E-state index in [1.165, 1.54) is 86.2 Å². The summed E-state index contributed by atoms with van der Waals surface area (Å²) in [6.45, 7) is 0. The van der Waals surface area contributed by atoms with Gasteiger partial charge in [-0.25, -0.2) is 0 Å². The summed E-state index contributed by atoms with van der Waals surface area (Å²) in [7, 11) is 0. The highest BCUT2D eigenvalue weighted by Crippen LogP contribution is 2.47. The van der Waals surface area contributed by atoms with Gasteiger partial charge in [0.25, 0.3) is 0 Å². The van der Waals surface area contributed by atoms with E-state index in [9.17, 15) is 0 Å². The van der Waals surface area contributed by atoms with E-state index >= 15 is 0 Å². The molecule has 4 heterocycles. The number of fused-ring (bicyclic) bond motifs is 10. The Balaban J connectivity index is 1.10. The summed E-state index contributed by atoms with van der Waals surface area (Å²) in [6, 6.07) is 68.1. The molecule has 0 saturated heterocycles. The fraction of sp³-hybridized carbons (Fsp3) is 0.0189. The minimum atomic E-state index is -0.120. The van der Waals surface area contributed by atoms with Crippen LogP contribution in [-0.2, 0) is 0 Å². The maximum absolute atomic E-state index is 5.32. The normalized spacial score (nSPS) is 14.5. The first kappa shape index (κ1) is 32.1. The third kappa shape index (κ3) is 5.04. The first-order chi connectivity index (χ1) is 28.3. The largest absolute Gasteiger partial charge is 0.674 e. The smallest absolute Gasteiger partial charge is 0.0634 e. The van der Waals surface area contributed by atoms with Crippen LogP contribution < -0.4 is 0 Å². The molecule has 268 valence electrons. The predicted octanol–water partition coefficient (Wildman–Crippen LogP) is 14.9.